The van der Waals surface area contributed by atoms with Gasteiger partial charge in [0, 0.05) is 12.3 Å². The van der Waals surface area contributed by atoms with Crippen LogP contribution < -0.4 is 11.1 Å². The van der Waals surface area contributed by atoms with E-state index in [0.29, 0.717) is 23.3 Å². The molecule has 17 heavy (non-hydrogen) atoms. The van der Waals surface area contributed by atoms with E-state index in [1.54, 1.807) is 12.3 Å². The molecule has 2 rings (SSSR count). The number of nitrogens with zero attached hydrogens (tertiary/aromatic N) is 4. The maximum absolute atomic E-state index is 5.67. The minimum atomic E-state index is 0.453. The summed E-state index contributed by atoms with van der Waals surface area (Å²) < 4.78 is 0. The lowest BCUT2D eigenvalue weighted by molar-refractivity contribution is 0.945. The molecule has 3 N–H and O–H groups in total. The topological polar surface area (TPSA) is 89.6 Å². The lowest BCUT2D eigenvalue weighted by Crippen LogP contribution is -2.05. The Hall–Kier alpha value is -1.89. The highest BCUT2D eigenvalue weighted by molar-refractivity contribution is 7.98. The molecule has 0 aliphatic carbocycles. The third kappa shape index (κ3) is 3.28. The van der Waals surface area contributed by atoms with E-state index in [1.165, 1.54) is 18.1 Å². The van der Waals surface area contributed by atoms with E-state index >= 15 is 0 Å². The molecule has 0 unspecified atom stereocenters. The number of hydrogen-bond donors (Lipinski definition) is 2. The van der Waals surface area contributed by atoms with Crippen molar-refractivity contribution >= 4 is 23.4 Å². The molecular weight excluding hydrogens is 236 g/mol. The minimum absolute atomic E-state index is 0.453. The van der Waals surface area contributed by atoms with Crippen LogP contribution in [0, 0.1) is 0 Å². The van der Waals surface area contributed by atoms with Gasteiger partial charge in [-0.1, -0.05) is 11.8 Å². The van der Waals surface area contributed by atoms with Crippen LogP contribution in [0.3, 0.4) is 0 Å². The maximum atomic E-state index is 5.67. The number of thioether (sulfide) groups is 1. The highest BCUT2D eigenvalue weighted by Crippen LogP contribution is 2.15. The second-order valence-electron chi connectivity index (χ2n) is 3.22. The molecule has 0 radical (unpaired) electrons. The fourth-order valence-corrected chi connectivity index (χ4v) is 1.62. The molecule has 2 heterocycles. The fraction of sp³-hybridized carbons (Fsp3) is 0.200. The third-order valence-corrected chi connectivity index (χ3v) is 2.55. The summed E-state index contributed by atoms with van der Waals surface area (Å²) in [5.41, 5.74) is 6.57. The lowest BCUT2D eigenvalue weighted by Gasteiger charge is -2.06. The molecular formula is C10H12N6S. The average molecular weight is 248 g/mol. The first-order valence-corrected chi connectivity index (χ1v) is 6.17. The third-order valence-electron chi connectivity index (χ3n) is 2.00. The normalized spacial score (nSPS) is 10.2. The zero-order valence-electron chi connectivity index (χ0n) is 9.29. The van der Waals surface area contributed by atoms with E-state index in [0.717, 1.165) is 5.69 Å². The first-order chi connectivity index (χ1) is 8.28. The van der Waals surface area contributed by atoms with Crippen LogP contribution in [-0.4, -0.2) is 26.2 Å². The number of nitrogens with one attached hydrogen (secondary N) is 1. The van der Waals surface area contributed by atoms with Crippen molar-refractivity contribution in [3.63, 3.8) is 0 Å². The van der Waals surface area contributed by atoms with Gasteiger partial charge in [0.25, 0.3) is 0 Å². The molecule has 0 aromatic carbocycles. The molecule has 0 saturated carbocycles. The van der Waals surface area contributed by atoms with E-state index in [4.69, 9.17) is 5.73 Å². The Labute approximate surface area is 103 Å². The van der Waals surface area contributed by atoms with Crippen molar-refractivity contribution in [3.8, 4) is 0 Å². The summed E-state index contributed by atoms with van der Waals surface area (Å²) in [4.78, 5) is 16.3. The van der Waals surface area contributed by atoms with Crippen LogP contribution in [0.5, 0.6) is 0 Å². The van der Waals surface area contributed by atoms with Crippen molar-refractivity contribution in [1.29, 1.82) is 0 Å². The van der Waals surface area contributed by atoms with Crippen molar-refractivity contribution < 1.29 is 0 Å². The van der Waals surface area contributed by atoms with Gasteiger partial charge >= 0.3 is 0 Å². The molecule has 88 valence electrons. The first kappa shape index (κ1) is 11.6. The number of anilines is 2. The monoisotopic (exact) mass is 248 g/mol. The van der Waals surface area contributed by atoms with Crippen LogP contribution in [0.2, 0.25) is 0 Å². The second-order valence-corrected chi connectivity index (χ2v) is 3.99. The van der Waals surface area contributed by atoms with Gasteiger partial charge in [-0.05, 0) is 12.3 Å². The van der Waals surface area contributed by atoms with E-state index in [9.17, 15) is 0 Å². The predicted octanol–water partition coefficient (Wildman–Crippen LogP) is 1.18. The van der Waals surface area contributed by atoms with Gasteiger partial charge in [-0.3, -0.25) is 0 Å². The Kier molecular flexibility index (Phi) is 3.71. The standard InChI is InChI=1S/C10H12N6S/c1-17-10-15-8(11)4-9(16-10)13-5-7-2-3-12-6-14-7/h2-4,6H,5H2,1H3,(H3,11,13,15,16). The van der Waals surface area contributed by atoms with Gasteiger partial charge in [-0.25, -0.2) is 19.9 Å². The first-order valence-electron chi connectivity index (χ1n) is 4.95. The lowest BCUT2D eigenvalue weighted by atomic mass is 10.4. The molecule has 0 bridgehead atoms. The van der Waals surface area contributed by atoms with Gasteiger partial charge in [0.15, 0.2) is 5.16 Å². The molecule has 7 heteroatoms. The second kappa shape index (κ2) is 5.44. The number of nitrogen functional groups attached to an aromatic ring is 1. The van der Waals surface area contributed by atoms with E-state index in [1.807, 2.05) is 12.3 Å². The largest absolute Gasteiger partial charge is 0.383 e. The Morgan fingerprint density at radius 3 is 3.00 bits per heavy atom. The van der Waals surface area contributed by atoms with Gasteiger partial charge in [0.2, 0.25) is 0 Å². The van der Waals surface area contributed by atoms with Crippen molar-refractivity contribution in [2.45, 2.75) is 11.7 Å². The number of rotatable bonds is 4. The SMILES string of the molecule is CSc1nc(N)cc(NCc2ccncn2)n1. The van der Waals surface area contributed by atoms with Crippen molar-refractivity contribution in [2.24, 2.45) is 0 Å². The summed E-state index contributed by atoms with van der Waals surface area (Å²) in [7, 11) is 0. The van der Waals surface area contributed by atoms with Crippen LogP contribution in [0.15, 0.2) is 29.8 Å². The average Bonchev–Trinajstić information content (AvgIpc) is 2.37. The molecule has 0 fully saturated rings. The summed E-state index contributed by atoms with van der Waals surface area (Å²) >= 11 is 1.45. The Morgan fingerprint density at radius 1 is 1.41 bits per heavy atom. The predicted molar refractivity (Wildman–Crippen MR) is 67.6 cm³/mol. The van der Waals surface area contributed by atoms with E-state index in [2.05, 4.69) is 25.3 Å². The fourth-order valence-electron chi connectivity index (χ4n) is 1.23. The van der Waals surface area contributed by atoms with Crippen molar-refractivity contribution in [3.05, 3.63) is 30.4 Å². The molecule has 0 atom stereocenters. The van der Waals surface area contributed by atoms with Crippen LogP contribution in [0.4, 0.5) is 11.6 Å². The van der Waals surface area contributed by atoms with Crippen LogP contribution in [0.25, 0.3) is 0 Å². The quantitative estimate of drug-likeness (QED) is 0.620. The van der Waals surface area contributed by atoms with Gasteiger partial charge in [0.05, 0.1) is 12.2 Å². The Morgan fingerprint density at radius 2 is 2.29 bits per heavy atom. The van der Waals surface area contributed by atoms with Crippen LogP contribution >= 0.6 is 11.8 Å². The van der Waals surface area contributed by atoms with Crippen molar-refractivity contribution in [2.75, 3.05) is 17.3 Å². The molecule has 0 saturated heterocycles. The molecule has 2 aromatic rings. The summed E-state index contributed by atoms with van der Waals surface area (Å²) in [5.74, 6) is 1.15. The number of nitrogens with two attached hydrogens (primary N) is 1. The summed E-state index contributed by atoms with van der Waals surface area (Å²) in [6.45, 7) is 0.576. The highest BCUT2D eigenvalue weighted by atomic mass is 32.2. The van der Waals surface area contributed by atoms with Gasteiger partial charge in [-0.2, -0.15) is 0 Å². The molecule has 0 aliphatic heterocycles. The maximum Gasteiger partial charge on any atom is 0.191 e. The van der Waals surface area contributed by atoms with E-state index < -0.39 is 0 Å². The van der Waals surface area contributed by atoms with Crippen LogP contribution in [0.1, 0.15) is 5.69 Å². The zero-order chi connectivity index (χ0) is 12.1. The number of hydrogen-bond acceptors (Lipinski definition) is 7. The molecule has 0 amide bonds. The van der Waals surface area contributed by atoms with Gasteiger partial charge in [0.1, 0.15) is 18.0 Å². The van der Waals surface area contributed by atoms with Crippen molar-refractivity contribution in [1.82, 2.24) is 19.9 Å². The minimum Gasteiger partial charge on any atom is -0.383 e. The Bertz CT molecular complexity index is 489. The number of aromatic nitrogens is 4. The highest BCUT2D eigenvalue weighted by Gasteiger charge is 2.01. The zero-order valence-corrected chi connectivity index (χ0v) is 10.1. The van der Waals surface area contributed by atoms with E-state index in [-0.39, 0.29) is 0 Å². The van der Waals surface area contributed by atoms with Gasteiger partial charge in [-0.15, -0.1) is 0 Å². The Balaban J connectivity index is 2.06. The van der Waals surface area contributed by atoms with Gasteiger partial charge < -0.3 is 11.1 Å². The molecule has 0 spiro atoms. The smallest absolute Gasteiger partial charge is 0.191 e. The summed E-state index contributed by atoms with van der Waals surface area (Å²) in [6.07, 6.45) is 5.12. The van der Waals surface area contributed by atoms with Crippen LogP contribution in [-0.2, 0) is 6.54 Å². The summed E-state index contributed by atoms with van der Waals surface area (Å²) in [6, 6.07) is 3.54. The molecule has 0 aliphatic rings. The molecule has 6 nitrogen and oxygen atoms in total. The molecule has 2 aromatic heterocycles. The summed E-state index contributed by atoms with van der Waals surface area (Å²) in [5, 5.41) is 3.79.